The number of para-hydroxylation sites is 2. The van der Waals surface area contributed by atoms with Gasteiger partial charge in [0.15, 0.2) is 0 Å². The van der Waals surface area contributed by atoms with Crippen LogP contribution in [0.1, 0.15) is 0 Å². The smallest absolute Gasteiger partial charge is 0.234 e. The Hall–Kier alpha value is -2.54. The predicted octanol–water partition coefficient (Wildman–Crippen LogP) is 2.85. The van der Waals surface area contributed by atoms with Crippen molar-refractivity contribution in [3.05, 3.63) is 60.4 Å². The Balaban J connectivity index is 1.38. The molecule has 27 heavy (non-hydrogen) atoms. The summed E-state index contributed by atoms with van der Waals surface area (Å²) >= 11 is 1.31. The number of carbonyl (C=O) groups excluding carboxylic acids is 2. The van der Waals surface area contributed by atoms with E-state index in [1.165, 1.54) is 17.8 Å². The fourth-order valence-corrected chi connectivity index (χ4v) is 3.66. The van der Waals surface area contributed by atoms with Crippen LogP contribution in [0.25, 0.3) is 0 Å². The van der Waals surface area contributed by atoms with E-state index < -0.39 is 0 Å². The van der Waals surface area contributed by atoms with Crippen LogP contribution < -0.4 is 10.2 Å². The number of thioether (sulfide) groups is 1. The normalized spacial score (nSPS) is 14.1. The summed E-state index contributed by atoms with van der Waals surface area (Å²) in [4.78, 5) is 28.0. The highest BCUT2D eigenvalue weighted by atomic mass is 32.2. The number of hydrogen-bond acceptors (Lipinski definition) is 4. The lowest BCUT2D eigenvalue weighted by atomic mass is 10.2. The van der Waals surface area contributed by atoms with Crippen molar-refractivity contribution in [1.29, 1.82) is 0 Å². The lowest BCUT2D eigenvalue weighted by Crippen LogP contribution is -2.49. The van der Waals surface area contributed by atoms with Crippen LogP contribution in [0, 0.1) is 5.82 Å². The molecule has 0 aliphatic carbocycles. The molecule has 1 fully saturated rings. The second kappa shape index (κ2) is 9.41. The third-order valence-corrected chi connectivity index (χ3v) is 5.26. The predicted molar refractivity (Wildman–Crippen MR) is 108 cm³/mol. The molecule has 0 atom stereocenters. The van der Waals surface area contributed by atoms with Gasteiger partial charge in [0.05, 0.1) is 17.2 Å². The Labute approximate surface area is 162 Å². The average molecular weight is 387 g/mol. The fraction of sp³-hybridized carbons (Fsp3) is 0.300. The number of anilines is 2. The number of amides is 2. The van der Waals surface area contributed by atoms with Crippen molar-refractivity contribution < 1.29 is 14.0 Å². The molecule has 0 saturated carbocycles. The van der Waals surface area contributed by atoms with E-state index in [-0.39, 0.29) is 29.1 Å². The van der Waals surface area contributed by atoms with Crippen molar-refractivity contribution in [1.82, 2.24) is 4.90 Å². The van der Waals surface area contributed by atoms with Gasteiger partial charge in [-0.15, -0.1) is 11.8 Å². The molecule has 0 aromatic heterocycles. The first-order valence-corrected chi connectivity index (χ1v) is 9.99. The highest BCUT2D eigenvalue weighted by molar-refractivity contribution is 8.00. The molecule has 0 unspecified atom stereocenters. The SMILES string of the molecule is O=C(CSCC(=O)N1CCN(c2ccccc2F)CC1)Nc1ccccc1. The van der Waals surface area contributed by atoms with E-state index in [1.807, 2.05) is 41.3 Å². The Morgan fingerprint density at radius 1 is 0.926 bits per heavy atom. The van der Waals surface area contributed by atoms with Crippen molar-refractivity contribution >= 4 is 35.0 Å². The van der Waals surface area contributed by atoms with Crippen LogP contribution in [0.4, 0.5) is 15.8 Å². The molecule has 1 aliphatic heterocycles. The Morgan fingerprint density at radius 3 is 2.30 bits per heavy atom. The largest absolute Gasteiger partial charge is 0.366 e. The van der Waals surface area contributed by atoms with Crippen molar-refractivity contribution in [2.75, 3.05) is 47.9 Å². The van der Waals surface area contributed by atoms with E-state index in [9.17, 15) is 14.0 Å². The first kappa shape index (κ1) is 19.2. The second-order valence-electron chi connectivity index (χ2n) is 6.23. The standard InChI is InChI=1S/C20H22FN3O2S/c21-17-8-4-5-9-18(17)23-10-12-24(13-11-23)20(26)15-27-14-19(25)22-16-6-2-1-3-7-16/h1-9H,10-15H2,(H,22,25). The maximum atomic E-state index is 13.9. The first-order valence-electron chi connectivity index (χ1n) is 8.83. The minimum atomic E-state index is -0.239. The zero-order chi connectivity index (χ0) is 19.1. The number of nitrogens with one attached hydrogen (secondary N) is 1. The van der Waals surface area contributed by atoms with Crippen LogP contribution in [0.15, 0.2) is 54.6 Å². The summed E-state index contributed by atoms with van der Waals surface area (Å²) < 4.78 is 13.9. The number of piperazine rings is 1. The van der Waals surface area contributed by atoms with Crippen molar-refractivity contribution in [2.45, 2.75) is 0 Å². The summed E-state index contributed by atoms with van der Waals surface area (Å²) in [5.41, 5.74) is 1.33. The molecule has 1 heterocycles. The average Bonchev–Trinajstić information content (AvgIpc) is 2.69. The van der Waals surface area contributed by atoms with Gasteiger partial charge in [-0.25, -0.2) is 4.39 Å². The van der Waals surface area contributed by atoms with Crippen LogP contribution in [0.5, 0.6) is 0 Å². The zero-order valence-corrected chi connectivity index (χ0v) is 15.8. The molecular formula is C20H22FN3O2S. The Kier molecular flexibility index (Phi) is 6.70. The fourth-order valence-electron chi connectivity index (χ4n) is 2.95. The lowest BCUT2D eigenvalue weighted by molar-refractivity contribution is -0.128. The number of benzene rings is 2. The van der Waals surface area contributed by atoms with E-state index in [1.54, 1.807) is 17.0 Å². The third-order valence-electron chi connectivity index (χ3n) is 4.34. The van der Waals surface area contributed by atoms with E-state index in [0.717, 1.165) is 5.69 Å². The van der Waals surface area contributed by atoms with E-state index in [0.29, 0.717) is 31.9 Å². The summed E-state index contributed by atoms with van der Waals surface area (Å²) in [5.74, 6) is 0.152. The summed E-state index contributed by atoms with van der Waals surface area (Å²) in [6, 6.07) is 15.9. The van der Waals surface area contributed by atoms with E-state index >= 15 is 0 Å². The van der Waals surface area contributed by atoms with Crippen LogP contribution >= 0.6 is 11.8 Å². The van der Waals surface area contributed by atoms with Crippen LogP contribution in [-0.4, -0.2) is 54.4 Å². The van der Waals surface area contributed by atoms with Gasteiger partial charge in [0.2, 0.25) is 11.8 Å². The molecule has 2 aromatic rings. The highest BCUT2D eigenvalue weighted by Crippen LogP contribution is 2.20. The molecule has 7 heteroatoms. The number of hydrogen-bond donors (Lipinski definition) is 1. The van der Waals surface area contributed by atoms with Crippen LogP contribution in [0.3, 0.4) is 0 Å². The minimum Gasteiger partial charge on any atom is -0.366 e. The van der Waals surface area contributed by atoms with E-state index in [4.69, 9.17) is 0 Å². The van der Waals surface area contributed by atoms with Gasteiger partial charge in [-0.1, -0.05) is 30.3 Å². The topological polar surface area (TPSA) is 52.7 Å². The maximum Gasteiger partial charge on any atom is 0.234 e. The lowest BCUT2D eigenvalue weighted by Gasteiger charge is -2.36. The molecular weight excluding hydrogens is 365 g/mol. The van der Waals surface area contributed by atoms with E-state index in [2.05, 4.69) is 5.32 Å². The molecule has 1 saturated heterocycles. The minimum absolute atomic E-state index is 0.0145. The maximum absolute atomic E-state index is 13.9. The molecule has 0 radical (unpaired) electrons. The van der Waals surface area contributed by atoms with Crippen molar-refractivity contribution in [3.63, 3.8) is 0 Å². The van der Waals surface area contributed by atoms with Gasteiger partial charge < -0.3 is 15.1 Å². The van der Waals surface area contributed by atoms with Gasteiger partial charge in [0.25, 0.3) is 0 Å². The molecule has 142 valence electrons. The number of nitrogens with zero attached hydrogens (tertiary/aromatic N) is 2. The molecule has 0 spiro atoms. The monoisotopic (exact) mass is 387 g/mol. The number of rotatable bonds is 6. The first-order chi connectivity index (χ1) is 13.1. The van der Waals surface area contributed by atoms with Crippen molar-refractivity contribution in [2.24, 2.45) is 0 Å². The zero-order valence-electron chi connectivity index (χ0n) is 14.9. The highest BCUT2D eigenvalue weighted by Gasteiger charge is 2.22. The summed E-state index contributed by atoms with van der Waals surface area (Å²) in [6.45, 7) is 2.32. The van der Waals surface area contributed by atoms with Crippen molar-refractivity contribution in [3.8, 4) is 0 Å². The molecule has 0 bridgehead atoms. The molecule has 3 rings (SSSR count). The Bertz CT molecular complexity index is 780. The third kappa shape index (κ3) is 5.47. The summed E-state index contributed by atoms with van der Waals surface area (Å²) in [7, 11) is 0. The Morgan fingerprint density at radius 2 is 1.59 bits per heavy atom. The molecule has 2 aromatic carbocycles. The molecule has 1 aliphatic rings. The van der Waals surface area contributed by atoms with Gasteiger partial charge >= 0.3 is 0 Å². The number of halogens is 1. The van der Waals surface area contributed by atoms with Crippen LogP contribution in [0.2, 0.25) is 0 Å². The van der Waals surface area contributed by atoms with Crippen LogP contribution in [-0.2, 0) is 9.59 Å². The van der Waals surface area contributed by atoms with Gasteiger partial charge in [-0.3, -0.25) is 9.59 Å². The molecule has 2 amide bonds. The quantitative estimate of drug-likeness (QED) is 0.828. The van der Waals surface area contributed by atoms with Gasteiger partial charge in [0.1, 0.15) is 5.82 Å². The number of carbonyl (C=O) groups is 2. The second-order valence-corrected chi connectivity index (χ2v) is 7.21. The van der Waals surface area contributed by atoms with Gasteiger partial charge in [-0.2, -0.15) is 0 Å². The summed E-state index contributed by atoms with van der Waals surface area (Å²) in [5, 5.41) is 2.80. The van der Waals surface area contributed by atoms with Gasteiger partial charge in [0, 0.05) is 31.9 Å². The molecule has 1 N–H and O–H groups in total. The molecule has 5 nitrogen and oxygen atoms in total. The van der Waals surface area contributed by atoms with Gasteiger partial charge in [-0.05, 0) is 24.3 Å². The summed E-state index contributed by atoms with van der Waals surface area (Å²) in [6.07, 6.45) is 0.